The number of likely N-dealkylation sites (tertiary alicyclic amines) is 1. The Bertz CT molecular complexity index is 670. The third-order valence-electron chi connectivity index (χ3n) is 5.76. The van der Waals surface area contributed by atoms with Gasteiger partial charge in [-0.05, 0) is 48.8 Å². The first-order valence-electron chi connectivity index (χ1n) is 9.22. The molecule has 4 rings (SSSR count). The summed E-state index contributed by atoms with van der Waals surface area (Å²) >= 11 is 0. The minimum absolute atomic E-state index is 0.0467. The molecule has 0 radical (unpaired) electrons. The molecule has 3 amide bonds. The van der Waals surface area contributed by atoms with Gasteiger partial charge in [-0.3, -0.25) is 4.79 Å². The van der Waals surface area contributed by atoms with E-state index in [1.54, 1.807) is 12.1 Å². The molecule has 25 heavy (non-hydrogen) atoms. The minimum atomic E-state index is 0.0467. The van der Waals surface area contributed by atoms with Gasteiger partial charge in [0.1, 0.15) is 5.75 Å². The number of rotatable bonds is 4. The maximum absolute atomic E-state index is 12.7. The molecule has 1 saturated carbocycles. The fraction of sp³-hybridized carbons (Fsp3) is 0.579. The molecule has 3 aliphatic rings. The maximum atomic E-state index is 12.7. The highest BCUT2D eigenvalue weighted by atomic mass is 16.3. The monoisotopic (exact) mass is 343 g/mol. The second-order valence-electron chi connectivity index (χ2n) is 7.49. The predicted octanol–water partition coefficient (Wildman–Crippen LogP) is 1.76. The van der Waals surface area contributed by atoms with E-state index in [2.05, 4.69) is 5.32 Å². The largest absolute Gasteiger partial charge is 0.508 e. The summed E-state index contributed by atoms with van der Waals surface area (Å²) in [5, 5.41) is 12.4. The number of carbonyl (C=O) groups is 2. The molecule has 134 valence electrons. The van der Waals surface area contributed by atoms with E-state index in [0.717, 1.165) is 57.5 Å². The number of hydrogen-bond acceptors (Lipinski definition) is 3. The molecular weight excluding hydrogens is 318 g/mol. The minimum Gasteiger partial charge on any atom is -0.508 e. The number of nitrogens with one attached hydrogen (secondary N) is 1. The number of hydrogen-bond donors (Lipinski definition) is 2. The molecule has 1 aliphatic carbocycles. The number of phenols is 1. The number of benzene rings is 1. The van der Waals surface area contributed by atoms with Crippen LogP contribution in [0.4, 0.5) is 4.79 Å². The number of piperidine rings is 1. The summed E-state index contributed by atoms with van der Waals surface area (Å²) in [5.74, 6) is 1.34. The number of nitrogens with zero attached hydrogens (tertiary/aromatic N) is 2. The molecular formula is C19H25N3O3. The van der Waals surface area contributed by atoms with Crippen molar-refractivity contribution in [2.75, 3.05) is 32.7 Å². The molecule has 1 aromatic rings. The van der Waals surface area contributed by atoms with Crippen LogP contribution in [0.3, 0.4) is 0 Å². The molecule has 1 aromatic carbocycles. The van der Waals surface area contributed by atoms with Gasteiger partial charge in [0.25, 0.3) is 0 Å². The molecule has 0 spiro atoms. The van der Waals surface area contributed by atoms with Gasteiger partial charge >= 0.3 is 6.03 Å². The zero-order valence-electron chi connectivity index (χ0n) is 14.4. The van der Waals surface area contributed by atoms with E-state index < -0.39 is 0 Å². The molecule has 3 fully saturated rings. The number of aromatic hydroxyl groups is 1. The Kier molecular flexibility index (Phi) is 4.27. The van der Waals surface area contributed by atoms with Gasteiger partial charge in [-0.2, -0.15) is 0 Å². The first-order chi connectivity index (χ1) is 12.1. The Hall–Kier alpha value is -2.24. The van der Waals surface area contributed by atoms with Crippen LogP contribution in [-0.2, 0) is 4.79 Å². The number of phenolic OH excluding ortho intramolecular Hbond substituents is 1. The summed E-state index contributed by atoms with van der Waals surface area (Å²) in [5.41, 5.74) is 1.06. The van der Waals surface area contributed by atoms with Crippen LogP contribution >= 0.6 is 0 Å². The summed E-state index contributed by atoms with van der Waals surface area (Å²) in [6.07, 6.45) is 2.83. The third kappa shape index (κ3) is 3.43. The van der Waals surface area contributed by atoms with Crippen molar-refractivity contribution in [1.82, 2.24) is 15.1 Å². The van der Waals surface area contributed by atoms with Crippen LogP contribution in [0.1, 0.15) is 30.7 Å². The lowest BCUT2D eigenvalue weighted by atomic mass is 9.95. The van der Waals surface area contributed by atoms with Gasteiger partial charge in [0.15, 0.2) is 0 Å². The second-order valence-corrected chi connectivity index (χ2v) is 7.49. The average molecular weight is 343 g/mol. The summed E-state index contributed by atoms with van der Waals surface area (Å²) < 4.78 is 0. The summed E-state index contributed by atoms with van der Waals surface area (Å²) in [4.78, 5) is 28.3. The van der Waals surface area contributed by atoms with E-state index in [1.165, 1.54) is 0 Å². The fourth-order valence-corrected chi connectivity index (χ4v) is 4.16. The second kappa shape index (κ2) is 6.58. The van der Waals surface area contributed by atoms with Crippen LogP contribution in [0.2, 0.25) is 0 Å². The Morgan fingerprint density at radius 3 is 2.72 bits per heavy atom. The first kappa shape index (κ1) is 16.2. The Morgan fingerprint density at radius 2 is 2.04 bits per heavy atom. The molecule has 0 bridgehead atoms. The summed E-state index contributed by atoms with van der Waals surface area (Å²) in [6.45, 7) is 3.94. The molecule has 2 atom stereocenters. The van der Waals surface area contributed by atoms with E-state index >= 15 is 0 Å². The van der Waals surface area contributed by atoms with Crippen molar-refractivity contribution < 1.29 is 14.7 Å². The quantitative estimate of drug-likeness (QED) is 0.875. The standard InChI is InChI=1S/C19H25N3O3/c23-15-3-1-2-14(10-15)16-11-17(16)18(24)21-7-4-13(5-8-21)12-22-9-6-20-19(22)25/h1-3,10,13,16-17,23H,4-9,11-12H2,(H,20,25)/t16-,17+/m1/s1. The zero-order chi connectivity index (χ0) is 17.4. The molecule has 2 aliphatic heterocycles. The van der Waals surface area contributed by atoms with E-state index in [0.29, 0.717) is 5.92 Å². The van der Waals surface area contributed by atoms with Gasteiger partial charge in [-0.15, -0.1) is 0 Å². The number of urea groups is 1. The lowest BCUT2D eigenvalue weighted by Gasteiger charge is -2.33. The highest BCUT2D eigenvalue weighted by Gasteiger charge is 2.46. The highest BCUT2D eigenvalue weighted by molar-refractivity contribution is 5.83. The Labute approximate surface area is 147 Å². The average Bonchev–Trinajstić information content (AvgIpc) is 3.32. The van der Waals surface area contributed by atoms with E-state index in [1.807, 2.05) is 21.9 Å². The van der Waals surface area contributed by atoms with Gasteiger partial charge in [-0.1, -0.05) is 12.1 Å². The molecule has 0 aromatic heterocycles. The van der Waals surface area contributed by atoms with Crippen molar-refractivity contribution in [2.24, 2.45) is 11.8 Å². The van der Waals surface area contributed by atoms with Crippen molar-refractivity contribution in [3.63, 3.8) is 0 Å². The van der Waals surface area contributed by atoms with E-state index in [-0.39, 0.29) is 29.5 Å². The topological polar surface area (TPSA) is 72.9 Å². The molecule has 6 heteroatoms. The first-order valence-corrected chi connectivity index (χ1v) is 9.22. The lowest BCUT2D eigenvalue weighted by molar-refractivity contribution is -0.134. The van der Waals surface area contributed by atoms with Crippen molar-refractivity contribution in [1.29, 1.82) is 0 Å². The van der Waals surface area contributed by atoms with Gasteiger partial charge in [-0.25, -0.2) is 4.79 Å². The summed E-state index contributed by atoms with van der Waals surface area (Å²) in [6, 6.07) is 7.31. The van der Waals surface area contributed by atoms with Gasteiger partial charge in [0.2, 0.25) is 5.91 Å². The van der Waals surface area contributed by atoms with Crippen LogP contribution in [0, 0.1) is 11.8 Å². The normalized spacial score (nSPS) is 26.6. The van der Waals surface area contributed by atoms with Crippen molar-refractivity contribution in [3.05, 3.63) is 29.8 Å². The maximum Gasteiger partial charge on any atom is 0.317 e. The van der Waals surface area contributed by atoms with Crippen LogP contribution in [0.25, 0.3) is 0 Å². The van der Waals surface area contributed by atoms with Gasteiger partial charge < -0.3 is 20.2 Å². The smallest absolute Gasteiger partial charge is 0.317 e. The van der Waals surface area contributed by atoms with Crippen LogP contribution in [-0.4, -0.2) is 59.6 Å². The molecule has 6 nitrogen and oxygen atoms in total. The zero-order valence-corrected chi connectivity index (χ0v) is 14.4. The molecule has 2 heterocycles. The predicted molar refractivity (Wildman–Crippen MR) is 93.2 cm³/mol. The van der Waals surface area contributed by atoms with E-state index in [9.17, 15) is 14.7 Å². The SMILES string of the molecule is O=C1NCCN1CC1CCN(C(=O)[C@H]2C[C@@H]2c2cccc(O)c2)CC1. The fourth-order valence-electron chi connectivity index (χ4n) is 4.16. The molecule has 2 N–H and O–H groups in total. The third-order valence-corrected chi connectivity index (χ3v) is 5.76. The Morgan fingerprint density at radius 1 is 1.24 bits per heavy atom. The molecule has 2 saturated heterocycles. The van der Waals surface area contributed by atoms with Crippen molar-refractivity contribution in [2.45, 2.75) is 25.2 Å². The highest BCUT2D eigenvalue weighted by Crippen LogP contribution is 2.49. The molecule has 0 unspecified atom stereocenters. The van der Waals surface area contributed by atoms with E-state index in [4.69, 9.17) is 0 Å². The Balaban J connectivity index is 1.27. The van der Waals surface area contributed by atoms with Crippen molar-refractivity contribution >= 4 is 11.9 Å². The van der Waals surface area contributed by atoms with Gasteiger partial charge in [0, 0.05) is 38.6 Å². The number of amides is 3. The van der Waals surface area contributed by atoms with Crippen LogP contribution in [0.5, 0.6) is 5.75 Å². The number of carbonyl (C=O) groups excluding carboxylic acids is 2. The van der Waals surface area contributed by atoms with Crippen LogP contribution in [0.15, 0.2) is 24.3 Å². The lowest BCUT2D eigenvalue weighted by Crippen LogP contribution is -2.43. The summed E-state index contributed by atoms with van der Waals surface area (Å²) in [7, 11) is 0. The van der Waals surface area contributed by atoms with Gasteiger partial charge in [0.05, 0.1) is 0 Å². The van der Waals surface area contributed by atoms with Crippen molar-refractivity contribution in [3.8, 4) is 5.75 Å². The van der Waals surface area contributed by atoms with Crippen LogP contribution < -0.4 is 5.32 Å².